The van der Waals surface area contributed by atoms with Gasteiger partial charge in [-0.05, 0) is 38.4 Å². The zero-order valence-corrected chi connectivity index (χ0v) is 12.5. The summed E-state index contributed by atoms with van der Waals surface area (Å²) in [5.74, 6) is -1.42. The van der Waals surface area contributed by atoms with E-state index in [4.69, 9.17) is 0 Å². The number of aliphatic hydroxyl groups excluding tert-OH is 1. The van der Waals surface area contributed by atoms with E-state index in [2.05, 4.69) is 5.32 Å². The van der Waals surface area contributed by atoms with Crippen LogP contribution in [0.15, 0.2) is 18.2 Å². The largest absolute Gasteiger partial charge is 0.477 e. The van der Waals surface area contributed by atoms with Crippen LogP contribution in [0.1, 0.15) is 35.0 Å². The van der Waals surface area contributed by atoms with Crippen LogP contribution >= 0.6 is 11.3 Å². The SMILES string of the molecule is CC(O)CCCNCc1c(C(=O)O)sc2cccc(F)c12. The van der Waals surface area contributed by atoms with Crippen LogP contribution in [0.2, 0.25) is 0 Å². The zero-order valence-electron chi connectivity index (χ0n) is 11.7. The number of thiophene rings is 1. The molecule has 0 aliphatic carbocycles. The molecule has 0 fully saturated rings. The highest BCUT2D eigenvalue weighted by Crippen LogP contribution is 2.33. The minimum Gasteiger partial charge on any atom is -0.477 e. The summed E-state index contributed by atoms with van der Waals surface area (Å²) in [5, 5.41) is 22.0. The van der Waals surface area contributed by atoms with Crippen molar-refractivity contribution in [1.29, 1.82) is 0 Å². The summed E-state index contributed by atoms with van der Waals surface area (Å²) in [6.07, 6.45) is 1.11. The molecule has 1 atom stereocenters. The van der Waals surface area contributed by atoms with E-state index in [-0.39, 0.29) is 11.0 Å². The number of nitrogens with one attached hydrogen (secondary N) is 1. The van der Waals surface area contributed by atoms with Crippen molar-refractivity contribution in [2.45, 2.75) is 32.4 Å². The molecule has 1 heterocycles. The molecule has 1 unspecified atom stereocenters. The summed E-state index contributed by atoms with van der Waals surface area (Å²) in [6.45, 7) is 2.68. The molecule has 0 amide bonds. The molecule has 21 heavy (non-hydrogen) atoms. The minimum atomic E-state index is -1.03. The van der Waals surface area contributed by atoms with Crippen LogP contribution in [0.5, 0.6) is 0 Å². The lowest BCUT2D eigenvalue weighted by Crippen LogP contribution is -2.17. The number of hydrogen-bond donors (Lipinski definition) is 3. The third-order valence-corrected chi connectivity index (χ3v) is 4.42. The molecule has 0 spiro atoms. The number of halogens is 1. The third-order valence-electron chi connectivity index (χ3n) is 3.23. The highest BCUT2D eigenvalue weighted by molar-refractivity contribution is 7.21. The molecule has 0 saturated carbocycles. The average molecular weight is 311 g/mol. The molecule has 0 aliphatic heterocycles. The lowest BCUT2D eigenvalue weighted by atomic mass is 10.1. The molecule has 114 valence electrons. The summed E-state index contributed by atoms with van der Waals surface area (Å²) in [4.78, 5) is 11.5. The molecule has 3 N–H and O–H groups in total. The summed E-state index contributed by atoms with van der Waals surface area (Å²) >= 11 is 1.10. The van der Waals surface area contributed by atoms with Crippen molar-refractivity contribution >= 4 is 27.4 Å². The van der Waals surface area contributed by atoms with Gasteiger partial charge in [0, 0.05) is 22.2 Å². The van der Waals surface area contributed by atoms with E-state index in [9.17, 15) is 19.4 Å². The lowest BCUT2D eigenvalue weighted by Gasteiger charge is -2.07. The molecule has 0 aliphatic rings. The van der Waals surface area contributed by atoms with Gasteiger partial charge in [-0.2, -0.15) is 0 Å². The molecule has 1 aromatic heterocycles. The molecule has 6 heteroatoms. The normalized spacial score (nSPS) is 12.7. The van der Waals surface area contributed by atoms with Crippen LogP contribution in [-0.4, -0.2) is 28.8 Å². The first-order chi connectivity index (χ1) is 10.0. The Labute approximate surface area is 126 Å². The molecule has 2 aromatic rings. The Morgan fingerprint density at radius 2 is 2.24 bits per heavy atom. The van der Waals surface area contributed by atoms with Gasteiger partial charge >= 0.3 is 5.97 Å². The highest BCUT2D eigenvalue weighted by Gasteiger charge is 2.19. The number of fused-ring (bicyclic) bond motifs is 1. The maximum atomic E-state index is 14.0. The van der Waals surface area contributed by atoms with E-state index >= 15 is 0 Å². The molecular weight excluding hydrogens is 293 g/mol. The molecule has 1 aromatic carbocycles. The van der Waals surface area contributed by atoms with Crippen LogP contribution < -0.4 is 5.32 Å². The predicted octanol–water partition coefficient (Wildman–Crippen LogP) is 2.99. The predicted molar refractivity (Wildman–Crippen MR) is 81.4 cm³/mol. The van der Waals surface area contributed by atoms with E-state index in [0.29, 0.717) is 35.2 Å². The van der Waals surface area contributed by atoms with Crippen LogP contribution in [0, 0.1) is 5.82 Å². The van der Waals surface area contributed by atoms with Gasteiger partial charge in [-0.15, -0.1) is 11.3 Å². The Balaban J connectivity index is 2.17. The van der Waals surface area contributed by atoms with Crippen molar-refractivity contribution in [2.75, 3.05) is 6.54 Å². The Bertz CT molecular complexity index is 639. The van der Waals surface area contributed by atoms with Crippen molar-refractivity contribution in [3.05, 3.63) is 34.5 Å². The van der Waals surface area contributed by atoms with Crippen molar-refractivity contribution in [2.24, 2.45) is 0 Å². The standard InChI is InChI=1S/C15H18FNO3S/c1-9(18)4-3-7-17-8-10-13-11(16)5-2-6-12(13)21-14(10)15(19)20/h2,5-6,9,17-18H,3-4,7-8H2,1H3,(H,19,20). The van der Waals surface area contributed by atoms with Gasteiger partial charge in [-0.1, -0.05) is 6.07 Å². The van der Waals surface area contributed by atoms with E-state index in [1.165, 1.54) is 6.07 Å². The molecule has 0 radical (unpaired) electrons. The van der Waals surface area contributed by atoms with Crippen molar-refractivity contribution < 1.29 is 19.4 Å². The Hall–Kier alpha value is -1.50. The fourth-order valence-corrected chi connectivity index (χ4v) is 3.32. The minimum absolute atomic E-state index is 0.179. The van der Waals surface area contributed by atoms with Crippen LogP contribution in [-0.2, 0) is 6.54 Å². The number of aliphatic hydroxyl groups is 1. The number of benzene rings is 1. The monoisotopic (exact) mass is 311 g/mol. The fourth-order valence-electron chi connectivity index (χ4n) is 2.24. The maximum absolute atomic E-state index is 14.0. The quantitative estimate of drug-likeness (QED) is 0.688. The van der Waals surface area contributed by atoms with Gasteiger partial charge in [0.25, 0.3) is 0 Å². The number of carboxylic acid groups (broad SMARTS) is 1. The average Bonchev–Trinajstić information content (AvgIpc) is 2.78. The molecular formula is C15H18FNO3S. The Kier molecular flexibility index (Phi) is 5.27. The third kappa shape index (κ3) is 3.78. The number of carboxylic acids is 1. The van der Waals surface area contributed by atoms with Crippen molar-refractivity contribution in [3.8, 4) is 0 Å². The van der Waals surface area contributed by atoms with E-state index < -0.39 is 11.8 Å². The second kappa shape index (κ2) is 6.98. The summed E-state index contributed by atoms with van der Waals surface area (Å²) in [7, 11) is 0. The van der Waals surface area contributed by atoms with Crippen LogP contribution in [0.25, 0.3) is 10.1 Å². The van der Waals surface area contributed by atoms with Gasteiger partial charge in [0.15, 0.2) is 0 Å². The Morgan fingerprint density at radius 3 is 2.90 bits per heavy atom. The van der Waals surface area contributed by atoms with Crippen LogP contribution in [0.3, 0.4) is 0 Å². The molecule has 2 rings (SSSR count). The molecule has 4 nitrogen and oxygen atoms in total. The van der Waals surface area contributed by atoms with E-state index in [0.717, 1.165) is 17.8 Å². The number of rotatable bonds is 7. The number of carbonyl (C=O) groups is 1. The maximum Gasteiger partial charge on any atom is 0.346 e. The van der Waals surface area contributed by atoms with E-state index in [1.807, 2.05) is 0 Å². The first-order valence-corrected chi connectivity index (χ1v) is 7.64. The lowest BCUT2D eigenvalue weighted by molar-refractivity contribution is 0.0701. The highest BCUT2D eigenvalue weighted by atomic mass is 32.1. The van der Waals surface area contributed by atoms with Gasteiger partial charge in [0.2, 0.25) is 0 Å². The van der Waals surface area contributed by atoms with E-state index in [1.54, 1.807) is 19.1 Å². The topological polar surface area (TPSA) is 69.6 Å². The smallest absolute Gasteiger partial charge is 0.346 e. The fraction of sp³-hybridized carbons (Fsp3) is 0.400. The van der Waals surface area contributed by atoms with Gasteiger partial charge in [0.1, 0.15) is 10.7 Å². The first-order valence-electron chi connectivity index (χ1n) is 6.82. The second-order valence-electron chi connectivity index (χ2n) is 5.00. The van der Waals surface area contributed by atoms with Crippen molar-refractivity contribution in [1.82, 2.24) is 5.32 Å². The van der Waals surface area contributed by atoms with Crippen LogP contribution in [0.4, 0.5) is 4.39 Å². The van der Waals surface area contributed by atoms with Crippen molar-refractivity contribution in [3.63, 3.8) is 0 Å². The molecule has 0 saturated heterocycles. The van der Waals surface area contributed by atoms with Gasteiger partial charge < -0.3 is 15.5 Å². The van der Waals surface area contributed by atoms with Gasteiger partial charge in [-0.3, -0.25) is 0 Å². The summed E-state index contributed by atoms with van der Waals surface area (Å²) < 4.78 is 14.6. The number of aromatic carboxylic acids is 1. The first kappa shape index (κ1) is 15.9. The van der Waals surface area contributed by atoms with Gasteiger partial charge in [0.05, 0.1) is 6.10 Å². The Morgan fingerprint density at radius 1 is 1.48 bits per heavy atom. The summed E-state index contributed by atoms with van der Waals surface area (Å²) in [5.41, 5.74) is 0.498. The summed E-state index contributed by atoms with van der Waals surface area (Å²) in [6, 6.07) is 4.66. The number of hydrogen-bond acceptors (Lipinski definition) is 4. The van der Waals surface area contributed by atoms with Gasteiger partial charge in [-0.25, -0.2) is 9.18 Å². The zero-order chi connectivity index (χ0) is 15.4. The second-order valence-corrected chi connectivity index (χ2v) is 6.05. The molecule has 0 bridgehead atoms.